The number of aromatic nitrogens is 1. The number of amides is 2. The zero-order valence-corrected chi connectivity index (χ0v) is 14.5. The van der Waals surface area contributed by atoms with Crippen LogP contribution in [0.3, 0.4) is 0 Å². The van der Waals surface area contributed by atoms with E-state index in [0.29, 0.717) is 25.2 Å². The van der Waals surface area contributed by atoms with Crippen LogP contribution >= 0.6 is 0 Å². The number of para-hydroxylation sites is 1. The molecule has 2 heterocycles. The van der Waals surface area contributed by atoms with Crippen molar-refractivity contribution in [3.63, 3.8) is 0 Å². The number of benzene rings is 1. The van der Waals surface area contributed by atoms with E-state index in [1.165, 1.54) is 0 Å². The summed E-state index contributed by atoms with van der Waals surface area (Å²) in [6.07, 6.45) is 2.52. The van der Waals surface area contributed by atoms with Gasteiger partial charge in [0.2, 0.25) is 5.91 Å². The first-order valence-corrected chi connectivity index (χ1v) is 8.51. The number of hydrogen-bond acceptors (Lipinski definition) is 6. The molecule has 140 valence electrons. The van der Waals surface area contributed by atoms with E-state index in [1.54, 1.807) is 4.90 Å². The van der Waals surface area contributed by atoms with Crippen molar-refractivity contribution in [2.45, 2.75) is 12.8 Å². The molecule has 0 unspecified atom stereocenters. The third-order valence-corrected chi connectivity index (χ3v) is 4.46. The molecule has 3 N–H and O–H groups in total. The molecule has 27 heavy (non-hydrogen) atoms. The van der Waals surface area contributed by atoms with E-state index >= 15 is 0 Å². The normalized spacial score (nSPS) is 16.6. The molecule has 1 aromatic carbocycles. The molecule has 9 heteroatoms. The minimum atomic E-state index is -0.794. The van der Waals surface area contributed by atoms with E-state index in [2.05, 4.69) is 10.3 Å². The zero-order valence-electron chi connectivity index (χ0n) is 14.5. The first kappa shape index (κ1) is 18.3. The summed E-state index contributed by atoms with van der Waals surface area (Å²) in [7, 11) is 0. The maximum atomic E-state index is 12.6. The lowest BCUT2D eigenvalue weighted by Crippen LogP contribution is -2.42. The second kappa shape index (κ2) is 7.81. The smallest absolute Gasteiger partial charge is 0.288 e. The fourth-order valence-electron chi connectivity index (χ4n) is 3.13. The van der Waals surface area contributed by atoms with Crippen molar-refractivity contribution < 1.29 is 14.5 Å². The van der Waals surface area contributed by atoms with Gasteiger partial charge in [0.1, 0.15) is 12.0 Å². The fourth-order valence-corrected chi connectivity index (χ4v) is 3.13. The number of nitrogens with one attached hydrogen (secondary N) is 1. The van der Waals surface area contributed by atoms with Gasteiger partial charge in [-0.15, -0.1) is 0 Å². The van der Waals surface area contributed by atoms with Crippen molar-refractivity contribution in [3.8, 4) is 0 Å². The Balaban J connectivity index is 1.79. The molecule has 0 spiro atoms. The number of nitrogens with zero attached hydrogens (tertiary/aromatic N) is 3. The van der Waals surface area contributed by atoms with Gasteiger partial charge in [-0.05, 0) is 25.0 Å². The Bertz CT molecular complexity index is 871. The van der Waals surface area contributed by atoms with Gasteiger partial charge in [0.25, 0.3) is 11.6 Å². The third-order valence-electron chi connectivity index (χ3n) is 4.46. The quantitative estimate of drug-likeness (QED) is 0.611. The maximum Gasteiger partial charge on any atom is 0.288 e. The van der Waals surface area contributed by atoms with Gasteiger partial charge in [0, 0.05) is 24.8 Å². The highest BCUT2D eigenvalue weighted by Gasteiger charge is 2.29. The first-order valence-electron chi connectivity index (χ1n) is 8.51. The number of rotatable bonds is 5. The predicted molar refractivity (Wildman–Crippen MR) is 99.4 cm³/mol. The Hall–Kier alpha value is -3.49. The van der Waals surface area contributed by atoms with Gasteiger partial charge in [-0.2, -0.15) is 0 Å². The molecule has 1 fully saturated rings. The summed E-state index contributed by atoms with van der Waals surface area (Å²) in [5.74, 6) is -0.938. The van der Waals surface area contributed by atoms with Gasteiger partial charge >= 0.3 is 0 Å². The Morgan fingerprint density at radius 1 is 1.30 bits per heavy atom. The molecule has 1 aromatic heterocycles. The van der Waals surface area contributed by atoms with Crippen LogP contribution in [-0.4, -0.2) is 34.8 Å². The van der Waals surface area contributed by atoms with Gasteiger partial charge < -0.3 is 16.0 Å². The van der Waals surface area contributed by atoms with E-state index in [1.807, 2.05) is 30.3 Å². The molecule has 2 aromatic rings. The van der Waals surface area contributed by atoms with Crippen molar-refractivity contribution in [1.29, 1.82) is 0 Å². The SMILES string of the molecule is NC(=O)c1cc([N+](=O)[O-])cnc1N1CCC[C@H](C(=O)Nc2ccccc2)C1. The third kappa shape index (κ3) is 4.20. The van der Waals surface area contributed by atoms with E-state index in [9.17, 15) is 19.7 Å². The van der Waals surface area contributed by atoms with Crippen molar-refractivity contribution in [2.24, 2.45) is 11.7 Å². The van der Waals surface area contributed by atoms with Gasteiger partial charge in [0.15, 0.2) is 0 Å². The molecule has 0 saturated carbocycles. The van der Waals surface area contributed by atoms with E-state index in [0.717, 1.165) is 18.7 Å². The first-order chi connectivity index (χ1) is 13.0. The molecule has 2 amide bonds. The highest BCUT2D eigenvalue weighted by molar-refractivity contribution is 5.98. The monoisotopic (exact) mass is 369 g/mol. The summed E-state index contributed by atoms with van der Waals surface area (Å²) in [5.41, 5.74) is 5.77. The van der Waals surface area contributed by atoms with Crippen molar-refractivity contribution in [2.75, 3.05) is 23.3 Å². The number of nitro groups is 1. The number of pyridine rings is 1. The molecular formula is C18H19N5O4. The number of primary amides is 1. The standard InChI is InChI=1S/C18H19N5O4/c19-16(24)15-9-14(23(26)27)10-20-17(15)22-8-4-5-12(11-22)18(25)21-13-6-2-1-3-7-13/h1-3,6-7,9-10,12H,4-5,8,11H2,(H2,19,24)(H,21,25)/t12-/m0/s1. The molecule has 0 aliphatic carbocycles. The summed E-state index contributed by atoms with van der Waals surface area (Å²) >= 11 is 0. The van der Waals surface area contributed by atoms with Gasteiger partial charge in [-0.3, -0.25) is 19.7 Å². The van der Waals surface area contributed by atoms with Gasteiger partial charge in [-0.25, -0.2) is 4.98 Å². The number of hydrogen-bond donors (Lipinski definition) is 2. The van der Waals surface area contributed by atoms with Crippen molar-refractivity contribution in [3.05, 3.63) is 58.3 Å². The molecule has 9 nitrogen and oxygen atoms in total. The minimum Gasteiger partial charge on any atom is -0.365 e. The van der Waals surface area contributed by atoms with Crippen LogP contribution in [0.2, 0.25) is 0 Å². The Morgan fingerprint density at radius 2 is 2.04 bits per heavy atom. The average Bonchev–Trinajstić information content (AvgIpc) is 2.68. The lowest BCUT2D eigenvalue weighted by atomic mass is 9.96. The van der Waals surface area contributed by atoms with Gasteiger partial charge in [0.05, 0.1) is 16.4 Å². The van der Waals surface area contributed by atoms with Crippen molar-refractivity contribution >= 4 is 29.0 Å². The second-order valence-electron chi connectivity index (χ2n) is 6.33. The largest absolute Gasteiger partial charge is 0.365 e. The number of carbonyl (C=O) groups excluding carboxylic acids is 2. The number of carbonyl (C=O) groups is 2. The summed E-state index contributed by atoms with van der Waals surface area (Å²) in [5, 5.41) is 13.8. The van der Waals surface area contributed by atoms with Crippen LogP contribution in [0, 0.1) is 16.0 Å². The number of piperidine rings is 1. The fraction of sp³-hybridized carbons (Fsp3) is 0.278. The molecular weight excluding hydrogens is 350 g/mol. The minimum absolute atomic E-state index is 0.0201. The zero-order chi connectivity index (χ0) is 19.4. The summed E-state index contributed by atoms with van der Waals surface area (Å²) in [4.78, 5) is 40.5. The van der Waals surface area contributed by atoms with Crippen LogP contribution in [0.5, 0.6) is 0 Å². The summed E-state index contributed by atoms with van der Waals surface area (Å²) < 4.78 is 0. The molecule has 1 aliphatic rings. The van der Waals surface area contributed by atoms with Crippen LogP contribution in [0.15, 0.2) is 42.6 Å². The highest BCUT2D eigenvalue weighted by atomic mass is 16.6. The van der Waals surface area contributed by atoms with E-state index < -0.39 is 10.8 Å². The molecule has 0 radical (unpaired) electrons. The lowest BCUT2D eigenvalue weighted by Gasteiger charge is -2.33. The Labute approximate surface area is 155 Å². The second-order valence-corrected chi connectivity index (χ2v) is 6.33. The maximum absolute atomic E-state index is 12.6. The van der Waals surface area contributed by atoms with Crippen LogP contribution in [0.4, 0.5) is 17.2 Å². The Kier molecular flexibility index (Phi) is 5.30. The van der Waals surface area contributed by atoms with Crippen LogP contribution < -0.4 is 16.0 Å². The summed E-state index contributed by atoms with van der Waals surface area (Å²) in [6, 6.07) is 10.3. The van der Waals surface area contributed by atoms with E-state index in [-0.39, 0.29) is 28.9 Å². The van der Waals surface area contributed by atoms with Gasteiger partial charge in [-0.1, -0.05) is 18.2 Å². The molecule has 1 aliphatic heterocycles. The number of anilines is 2. The van der Waals surface area contributed by atoms with Crippen LogP contribution in [0.1, 0.15) is 23.2 Å². The van der Waals surface area contributed by atoms with Crippen molar-refractivity contribution in [1.82, 2.24) is 4.98 Å². The number of nitrogens with two attached hydrogens (primary N) is 1. The highest BCUT2D eigenvalue weighted by Crippen LogP contribution is 2.27. The average molecular weight is 369 g/mol. The van der Waals surface area contributed by atoms with Crippen LogP contribution in [-0.2, 0) is 4.79 Å². The molecule has 1 saturated heterocycles. The van der Waals surface area contributed by atoms with E-state index in [4.69, 9.17) is 5.73 Å². The topological polar surface area (TPSA) is 131 Å². The Morgan fingerprint density at radius 3 is 2.70 bits per heavy atom. The van der Waals surface area contributed by atoms with Crippen LogP contribution in [0.25, 0.3) is 0 Å². The molecule has 0 bridgehead atoms. The lowest BCUT2D eigenvalue weighted by molar-refractivity contribution is -0.385. The summed E-state index contributed by atoms with van der Waals surface area (Å²) in [6.45, 7) is 0.934. The molecule has 1 atom stereocenters. The predicted octanol–water partition coefficient (Wildman–Crippen LogP) is 1.94. The molecule has 3 rings (SSSR count).